The van der Waals surface area contributed by atoms with Crippen molar-refractivity contribution in [1.29, 1.82) is 0 Å². The molecule has 2 unspecified atom stereocenters. The molecule has 0 bridgehead atoms. The maximum absolute atomic E-state index is 3.62. The summed E-state index contributed by atoms with van der Waals surface area (Å²) in [4.78, 5) is 1.37. The molecular formula is C18H31NS. The molecule has 0 amide bonds. The fraction of sp³-hybridized carbons (Fsp3) is 0.667. The monoisotopic (exact) mass is 293 g/mol. The van der Waals surface area contributed by atoms with Gasteiger partial charge in [0.15, 0.2) is 0 Å². The van der Waals surface area contributed by atoms with Crippen LogP contribution in [0, 0.1) is 0 Å². The van der Waals surface area contributed by atoms with Gasteiger partial charge in [-0.15, -0.1) is 11.8 Å². The lowest BCUT2D eigenvalue weighted by atomic mass is 9.87. The Morgan fingerprint density at radius 1 is 1.10 bits per heavy atom. The van der Waals surface area contributed by atoms with Gasteiger partial charge in [-0.3, -0.25) is 0 Å². The first-order valence-electron chi connectivity index (χ1n) is 7.83. The average molecular weight is 294 g/mol. The Balaban J connectivity index is 2.44. The smallest absolute Gasteiger partial charge is 0.0191 e. The summed E-state index contributed by atoms with van der Waals surface area (Å²) in [5.41, 5.74) is 1.65. The third kappa shape index (κ3) is 6.32. The molecule has 1 aromatic rings. The van der Waals surface area contributed by atoms with Crippen LogP contribution in [0.1, 0.15) is 59.9 Å². The molecule has 0 fully saturated rings. The Bertz CT molecular complexity index is 377. The summed E-state index contributed by atoms with van der Waals surface area (Å²) in [6.45, 7) is 14.7. The highest BCUT2D eigenvalue weighted by Gasteiger charge is 2.13. The number of rotatable bonds is 7. The molecule has 2 atom stereocenters. The summed E-state index contributed by atoms with van der Waals surface area (Å²) in [5.74, 6) is 0. The zero-order valence-corrected chi connectivity index (χ0v) is 14.8. The molecule has 0 saturated carbocycles. The van der Waals surface area contributed by atoms with Crippen molar-refractivity contribution in [3.63, 3.8) is 0 Å². The van der Waals surface area contributed by atoms with Crippen LogP contribution in [0.3, 0.4) is 0 Å². The molecule has 1 nitrogen and oxygen atoms in total. The average Bonchev–Trinajstić information content (AvgIpc) is 2.36. The maximum atomic E-state index is 3.62. The molecule has 0 radical (unpaired) electrons. The van der Waals surface area contributed by atoms with Crippen LogP contribution in [0.25, 0.3) is 0 Å². The van der Waals surface area contributed by atoms with Gasteiger partial charge in [-0.05, 0) is 36.5 Å². The van der Waals surface area contributed by atoms with E-state index in [2.05, 4.69) is 71.1 Å². The second kappa shape index (κ2) is 8.09. The number of nitrogens with one attached hydrogen (secondary N) is 1. The van der Waals surface area contributed by atoms with Gasteiger partial charge in [0, 0.05) is 22.7 Å². The quantitative estimate of drug-likeness (QED) is 0.690. The van der Waals surface area contributed by atoms with Gasteiger partial charge in [0.25, 0.3) is 0 Å². The van der Waals surface area contributed by atoms with Crippen LogP contribution in [0.4, 0.5) is 0 Å². The number of benzene rings is 1. The largest absolute Gasteiger partial charge is 0.313 e. The lowest BCUT2D eigenvalue weighted by Crippen LogP contribution is -2.31. The SMILES string of the molecule is CCCC(C)NCC(C)Sc1ccc(C(C)(C)C)cc1. The van der Waals surface area contributed by atoms with E-state index in [0.29, 0.717) is 11.3 Å². The second-order valence-corrected chi connectivity index (χ2v) is 8.31. The summed E-state index contributed by atoms with van der Waals surface area (Å²) in [7, 11) is 0. The van der Waals surface area contributed by atoms with E-state index in [9.17, 15) is 0 Å². The first kappa shape index (κ1) is 17.6. The summed E-state index contributed by atoms with van der Waals surface area (Å²) in [6, 6.07) is 9.69. The summed E-state index contributed by atoms with van der Waals surface area (Å²) in [5, 5.41) is 4.22. The minimum atomic E-state index is 0.242. The molecule has 0 heterocycles. The minimum Gasteiger partial charge on any atom is -0.313 e. The van der Waals surface area contributed by atoms with Crippen molar-refractivity contribution >= 4 is 11.8 Å². The molecular weight excluding hydrogens is 262 g/mol. The van der Waals surface area contributed by atoms with Crippen LogP contribution < -0.4 is 5.32 Å². The van der Waals surface area contributed by atoms with Gasteiger partial charge in [0.1, 0.15) is 0 Å². The Morgan fingerprint density at radius 3 is 2.20 bits per heavy atom. The van der Waals surface area contributed by atoms with Crippen LogP contribution in [-0.2, 0) is 5.41 Å². The fourth-order valence-electron chi connectivity index (χ4n) is 2.21. The molecule has 0 spiro atoms. The lowest BCUT2D eigenvalue weighted by molar-refractivity contribution is 0.511. The van der Waals surface area contributed by atoms with Crippen molar-refractivity contribution < 1.29 is 0 Å². The van der Waals surface area contributed by atoms with Crippen molar-refractivity contribution in [2.45, 2.75) is 76.0 Å². The molecule has 0 aromatic heterocycles. The molecule has 0 aliphatic heterocycles. The minimum absolute atomic E-state index is 0.242. The third-order valence-electron chi connectivity index (χ3n) is 3.53. The first-order chi connectivity index (χ1) is 9.32. The van der Waals surface area contributed by atoms with Gasteiger partial charge in [0.2, 0.25) is 0 Å². The molecule has 114 valence electrons. The molecule has 1 aromatic carbocycles. The predicted octanol–water partition coefficient (Wildman–Crippen LogP) is 5.24. The number of thioether (sulfide) groups is 1. The Morgan fingerprint density at radius 2 is 1.70 bits per heavy atom. The van der Waals surface area contributed by atoms with Gasteiger partial charge in [-0.25, -0.2) is 0 Å². The zero-order valence-electron chi connectivity index (χ0n) is 14.0. The highest BCUT2D eigenvalue weighted by Crippen LogP contribution is 2.27. The molecule has 1 N–H and O–H groups in total. The van der Waals surface area contributed by atoms with Crippen LogP contribution >= 0.6 is 11.8 Å². The van der Waals surface area contributed by atoms with E-state index in [1.807, 2.05) is 11.8 Å². The van der Waals surface area contributed by atoms with Gasteiger partial charge in [-0.1, -0.05) is 53.2 Å². The molecule has 0 aliphatic carbocycles. The summed E-state index contributed by atoms with van der Waals surface area (Å²) >= 11 is 1.96. The van der Waals surface area contributed by atoms with Crippen LogP contribution in [0.15, 0.2) is 29.2 Å². The highest BCUT2D eigenvalue weighted by atomic mass is 32.2. The summed E-state index contributed by atoms with van der Waals surface area (Å²) < 4.78 is 0. The molecule has 1 rings (SSSR count). The van der Waals surface area contributed by atoms with E-state index in [1.165, 1.54) is 23.3 Å². The Hall–Kier alpha value is -0.470. The van der Waals surface area contributed by atoms with Crippen molar-refractivity contribution in [3.05, 3.63) is 29.8 Å². The molecule has 0 aliphatic rings. The molecule has 20 heavy (non-hydrogen) atoms. The zero-order chi connectivity index (χ0) is 15.2. The van der Waals surface area contributed by atoms with Crippen molar-refractivity contribution in [2.75, 3.05) is 6.54 Å². The van der Waals surface area contributed by atoms with E-state index in [1.54, 1.807) is 0 Å². The van der Waals surface area contributed by atoms with Gasteiger partial charge in [0.05, 0.1) is 0 Å². The van der Waals surface area contributed by atoms with Gasteiger partial charge in [-0.2, -0.15) is 0 Å². The lowest BCUT2D eigenvalue weighted by Gasteiger charge is -2.20. The third-order valence-corrected chi connectivity index (χ3v) is 4.65. The maximum Gasteiger partial charge on any atom is 0.0191 e. The van der Waals surface area contributed by atoms with E-state index < -0.39 is 0 Å². The van der Waals surface area contributed by atoms with Crippen molar-refractivity contribution in [3.8, 4) is 0 Å². The van der Waals surface area contributed by atoms with Crippen LogP contribution in [0.2, 0.25) is 0 Å². The topological polar surface area (TPSA) is 12.0 Å². The van der Waals surface area contributed by atoms with Crippen LogP contribution in [-0.4, -0.2) is 17.8 Å². The van der Waals surface area contributed by atoms with E-state index in [0.717, 1.165) is 6.54 Å². The van der Waals surface area contributed by atoms with Crippen molar-refractivity contribution in [2.24, 2.45) is 0 Å². The van der Waals surface area contributed by atoms with Gasteiger partial charge >= 0.3 is 0 Å². The van der Waals surface area contributed by atoms with Crippen molar-refractivity contribution in [1.82, 2.24) is 5.32 Å². The highest BCUT2D eigenvalue weighted by molar-refractivity contribution is 8.00. The van der Waals surface area contributed by atoms with Gasteiger partial charge < -0.3 is 5.32 Å². The first-order valence-corrected chi connectivity index (χ1v) is 8.71. The fourth-order valence-corrected chi connectivity index (χ4v) is 3.15. The normalized spacial score (nSPS) is 15.1. The molecule has 2 heteroatoms. The second-order valence-electron chi connectivity index (χ2n) is 6.80. The predicted molar refractivity (Wildman–Crippen MR) is 92.8 cm³/mol. The van der Waals surface area contributed by atoms with E-state index in [-0.39, 0.29) is 5.41 Å². The summed E-state index contributed by atoms with van der Waals surface area (Å²) in [6.07, 6.45) is 2.52. The Kier molecular flexibility index (Phi) is 7.11. The number of hydrogen-bond acceptors (Lipinski definition) is 2. The Labute approximate surface area is 129 Å². The van der Waals surface area contributed by atoms with E-state index >= 15 is 0 Å². The van der Waals surface area contributed by atoms with Crippen LogP contribution in [0.5, 0.6) is 0 Å². The van der Waals surface area contributed by atoms with E-state index in [4.69, 9.17) is 0 Å². The molecule has 0 saturated heterocycles. The number of hydrogen-bond donors (Lipinski definition) is 1. The standard InChI is InChI=1S/C18H31NS/c1-7-8-14(2)19-13-15(3)20-17-11-9-16(10-12-17)18(4,5)6/h9-12,14-15,19H,7-8,13H2,1-6H3.